The van der Waals surface area contributed by atoms with Gasteiger partial charge in [0.05, 0.1) is 6.54 Å². The molecule has 1 unspecified atom stereocenters. The van der Waals surface area contributed by atoms with Crippen LogP contribution in [0.1, 0.15) is 12.8 Å². The second-order valence-electron chi connectivity index (χ2n) is 4.49. The molecule has 1 aliphatic heterocycles. The third-order valence-electron chi connectivity index (χ3n) is 2.89. The maximum atomic E-state index is 11.7. The van der Waals surface area contributed by atoms with E-state index in [1.165, 1.54) is 0 Å². The van der Waals surface area contributed by atoms with Crippen LogP contribution in [-0.4, -0.2) is 30.9 Å². The van der Waals surface area contributed by atoms with Gasteiger partial charge in [-0.2, -0.15) is 0 Å². The number of benzene rings is 1. The van der Waals surface area contributed by atoms with Crippen molar-refractivity contribution >= 4 is 33.4 Å². The summed E-state index contributed by atoms with van der Waals surface area (Å²) in [7, 11) is 0. The largest absolute Gasteiger partial charge is 0.352 e. The zero-order chi connectivity index (χ0) is 13.7. The van der Waals surface area contributed by atoms with Crippen molar-refractivity contribution in [2.75, 3.05) is 18.4 Å². The number of carbonyl (C=O) groups is 2. The lowest BCUT2D eigenvalue weighted by Gasteiger charge is -2.11. The Morgan fingerprint density at radius 2 is 2.11 bits per heavy atom. The molecule has 1 aliphatic rings. The van der Waals surface area contributed by atoms with Crippen molar-refractivity contribution in [3.63, 3.8) is 0 Å². The van der Waals surface area contributed by atoms with Crippen LogP contribution in [0.4, 0.5) is 5.69 Å². The van der Waals surface area contributed by atoms with Crippen molar-refractivity contribution in [3.05, 3.63) is 28.7 Å². The van der Waals surface area contributed by atoms with Crippen LogP contribution in [0, 0.1) is 0 Å². The first-order valence-electron chi connectivity index (χ1n) is 6.19. The molecule has 19 heavy (non-hydrogen) atoms. The van der Waals surface area contributed by atoms with Crippen molar-refractivity contribution in [3.8, 4) is 0 Å². The van der Waals surface area contributed by atoms with Gasteiger partial charge < -0.3 is 16.0 Å². The molecule has 0 saturated carbocycles. The number of nitrogens with one attached hydrogen (secondary N) is 3. The van der Waals surface area contributed by atoms with Gasteiger partial charge in [0, 0.05) is 29.2 Å². The molecule has 5 nitrogen and oxygen atoms in total. The third-order valence-corrected chi connectivity index (χ3v) is 3.42. The number of carbonyl (C=O) groups excluding carboxylic acids is 2. The summed E-state index contributed by atoms with van der Waals surface area (Å²) in [4.78, 5) is 22.7. The molecule has 1 fully saturated rings. The summed E-state index contributed by atoms with van der Waals surface area (Å²) in [5, 5.41) is 8.68. The summed E-state index contributed by atoms with van der Waals surface area (Å²) >= 11 is 3.34. The molecule has 102 valence electrons. The zero-order valence-electron chi connectivity index (χ0n) is 10.4. The lowest BCUT2D eigenvalue weighted by Crippen LogP contribution is -2.38. The second kappa shape index (κ2) is 6.68. The summed E-state index contributed by atoms with van der Waals surface area (Å²) in [5.74, 6) is -0.00207. The molecule has 6 heteroatoms. The Kier molecular flexibility index (Phi) is 4.93. The fourth-order valence-corrected chi connectivity index (χ4v) is 2.19. The molecule has 2 amide bonds. The van der Waals surface area contributed by atoms with E-state index < -0.39 is 0 Å². The Bertz CT molecular complexity index is 461. The van der Waals surface area contributed by atoms with Gasteiger partial charge in [0.15, 0.2) is 0 Å². The monoisotopic (exact) mass is 325 g/mol. The van der Waals surface area contributed by atoms with Crippen LogP contribution in [0.25, 0.3) is 0 Å². The standard InChI is InChI=1S/C13H16BrN3O2/c14-9-1-3-10(4-2-9)16-13(19)8-15-7-11-5-6-12(18)17-11/h1-4,11,15H,5-8H2,(H,16,19)(H,17,18). The first-order chi connectivity index (χ1) is 9.13. The Morgan fingerprint density at radius 3 is 2.74 bits per heavy atom. The molecule has 0 spiro atoms. The van der Waals surface area contributed by atoms with Gasteiger partial charge in [0.1, 0.15) is 0 Å². The minimum Gasteiger partial charge on any atom is -0.352 e. The van der Waals surface area contributed by atoms with Gasteiger partial charge in [-0.15, -0.1) is 0 Å². The lowest BCUT2D eigenvalue weighted by atomic mass is 10.2. The van der Waals surface area contributed by atoms with Gasteiger partial charge in [-0.05, 0) is 30.7 Å². The average molecular weight is 326 g/mol. The molecule has 0 bridgehead atoms. The smallest absolute Gasteiger partial charge is 0.238 e. The molecule has 0 radical (unpaired) electrons. The van der Waals surface area contributed by atoms with Gasteiger partial charge >= 0.3 is 0 Å². The topological polar surface area (TPSA) is 70.2 Å². The van der Waals surface area contributed by atoms with Gasteiger partial charge in [-0.25, -0.2) is 0 Å². The van der Waals surface area contributed by atoms with Gasteiger partial charge in [-0.1, -0.05) is 15.9 Å². The molecule has 1 atom stereocenters. The van der Waals surface area contributed by atoms with E-state index >= 15 is 0 Å². The Labute approximate surface area is 120 Å². The van der Waals surface area contributed by atoms with Crippen LogP contribution in [0.15, 0.2) is 28.7 Å². The van der Waals surface area contributed by atoms with Crippen LogP contribution >= 0.6 is 15.9 Å². The average Bonchev–Trinajstić information content (AvgIpc) is 2.78. The molecule has 0 aromatic heterocycles. The highest BCUT2D eigenvalue weighted by Crippen LogP contribution is 2.13. The van der Waals surface area contributed by atoms with Crippen molar-refractivity contribution in [2.45, 2.75) is 18.9 Å². The Hall–Kier alpha value is -1.40. The summed E-state index contributed by atoms with van der Waals surface area (Å²) in [6, 6.07) is 7.56. The van der Waals surface area contributed by atoms with E-state index in [1.807, 2.05) is 24.3 Å². The van der Waals surface area contributed by atoms with Crippen LogP contribution < -0.4 is 16.0 Å². The third kappa shape index (κ3) is 4.65. The van der Waals surface area contributed by atoms with Crippen LogP contribution in [-0.2, 0) is 9.59 Å². The van der Waals surface area contributed by atoms with Gasteiger partial charge in [0.25, 0.3) is 0 Å². The van der Waals surface area contributed by atoms with Gasteiger partial charge in [-0.3, -0.25) is 9.59 Å². The highest BCUT2D eigenvalue weighted by Gasteiger charge is 2.20. The highest BCUT2D eigenvalue weighted by molar-refractivity contribution is 9.10. The normalized spacial score (nSPS) is 18.2. The maximum Gasteiger partial charge on any atom is 0.238 e. The summed E-state index contributed by atoms with van der Waals surface area (Å²) < 4.78 is 0.973. The van der Waals surface area contributed by atoms with Crippen LogP contribution in [0.3, 0.4) is 0 Å². The van der Waals surface area contributed by atoms with Crippen LogP contribution in [0.5, 0.6) is 0 Å². The number of rotatable bonds is 5. The van der Waals surface area contributed by atoms with Crippen molar-refractivity contribution in [1.29, 1.82) is 0 Å². The van der Waals surface area contributed by atoms with Crippen molar-refractivity contribution < 1.29 is 9.59 Å². The summed E-state index contributed by atoms with van der Waals surface area (Å²) in [5.41, 5.74) is 0.768. The van der Waals surface area contributed by atoms with E-state index in [0.29, 0.717) is 13.0 Å². The number of amides is 2. The van der Waals surface area contributed by atoms with Gasteiger partial charge in [0.2, 0.25) is 11.8 Å². The van der Waals surface area contributed by atoms with Crippen molar-refractivity contribution in [1.82, 2.24) is 10.6 Å². The van der Waals surface area contributed by atoms with E-state index in [1.54, 1.807) is 0 Å². The first kappa shape index (κ1) is 14.0. The molecule has 1 heterocycles. The minimum absolute atomic E-state index is 0.0890. The van der Waals surface area contributed by atoms with E-state index in [2.05, 4.69) is 31.9 Å². The molecule has 1 aromatic rings. The van der Waals surface area contributed by atoms with Crippen LogP contribution in [0.2, 0.25) is 0 Å². The fraction of sp³-hybridized carbons (Fsp3) is 0.385. The molecule has 1 saturated heterocycles. The molecular weight excluding hydrogens is 310 g/mol. The van der Waals surface area contributed by atoms with Crippen molar-refractivity contribution in [2.24, 2.45) is 0 Å². The minimum atomic E-state index is -0.0911. The SMILES string of the molecule is O=C(CNCC1CCC(=O)N1)Nc1ccc(Br)cc1. The zero-order valence-corrected chi connectivity index (χ0v) is 12.0. The number of anilines is 1. The number of hydrogen-bond acceptors (Lipinski definition) is 3. The predicted molar refractivity (Wildman–Crippen MR) is 76.8 cm³/mol. The Balaban J connectivity index is 1.67. The van der Waals surface area contributed by atoms with E-state index in [-0.39, 0.29) is 24.4 Å². The van der Waals surface area contributed by atoms with E-state index in [4.69, 9.17) is 0 Å². The first-order valence-corrected chi connectivity index (χ1v) is 6.98. The molecular formula is C13H16BrN3O2. The Morgan fingerprint density at radius 1 is 1.37 bits per heavy atom. The number of halogens is 1. The lowest BCUT2D eigenvalue weighted by molar-refractivity contribution is -0.119. The quantitative estimate of drug-likeness (QED) is 0.763. The summed E-state index contributed by atoms with van der Waals surface area (Å²) in [6.45, 7) is 0.863. The molecule has 1 aromatic carbocycles. The van der Waals surface area contributed by atoms with E-state index in [9.17, 15) is 9.59 Å². The maximum absolute atomic E-state index is 11.7. The second-order valence-corrected chi connectivity index (χ2v) is 5.40. The number of hydrogen-bond donors (Lipinski definition) is 3. The molecule has 2 rings (SSSR count). The molecule has 0 aliphatic carbocycles. The predicted octanol–water partition coefficient (Wildman–Crippen LogP) is 1.26. The summed E-state index contributed by atoms with van der Waals surface area (Å²) in [6.07, 6.45) is 1.41. The fourth-order valence-electron chi connectivity index (χ4n) is 1.93. The molecule has 3 N–H and O–H groups in total. The highest BCUT2D eigenvalue weighted by atomic mass is 79.9. The van der Waals surface area contributed by atoms with E-state index in [0.717, 1.165) is 16.6 Å².